The number of hydrogen-bond donors (Lipinski definition) is 1. The fourth-order valence-electron chi connectivity index (χ4n) is 1.78. The zero-order valence-electron chi connectivity index (χ0n) is 9.86. The number of nitrogens with zero attached hydrogens (tertiary/aromatic N) is 2. The number of rotatable bonds is 2. The number of benzene rings is 1. The Labute approximate surface area is 100 Å². The van der Waals surface area contributed by atoms with Gasteiger partial charge >= 0.3 is 0 Å². The Morgan fingerprint density at radius 3 is 3.06 bits per heavy atom. The fraction of sp³-hybridized carbons (Fsp3) is 0.308. The van der Waals surface area contributed by atoms with E-state index >= 15 is 0 Å². The molecule has 2 rings (SSSR count). The molecular weight excluding hydrogens is 217 g/mol. The summed E-state index contributed by atoms with van der Waals surface area (Å²) in [4.78, 5) is 6.43. The van der Waals surface area contributed by atoms with Crippen LogP contribution < -0.4 is 5.73 Å². The summed E-state index contributed by atoms with van der Waals surface area (Å²) in [7, 11) is 2.04. The van der Waals surface area contributed by atoms with E-state index in [9.17, 15) is 4.39 Å². The maximum Gasteiger partial charge on any atom is 0.125 e. The maximum atomic E-state index is 13.0. The molecular formula is C13H16FN3. The van der Waals surface area contributed by atoms with E-state index in [0.29, 0.717) is 5.69 Å². The standard InChI is InChI=1S/C13H16FN3/c1-17-6-5-13(15)10(9-17)8-16-12-4-2-3-11(14)7-12/h2-4,7-8H,5-6,9,15H2,1H3. The quantitative estimate of drug-likeness (QED) is 0.794. The molecule has 3 nitrogen and oxygen atoms in total. The summed E-state index contributed by atoms with van der Waals surface area (Å²) in [5.74, 6) is -0.276. The second-order valence-electron chi connectivity index (χ2n) is 4.28. The van der Waals surface area contributed by atoms with Crippen LogP contribution in [0, 0.1) is 5.82 Å². The highest BCUT2D eigenvalue weighted by molar-refractivity contribution is 5.82. The van der Waals surface area contributed by atoms with Crippen molar-refractivity contribution in [2.45, 2.75) is 6.42 Å². The lowest BCUT2D eigenvalue weighted by Gasteiger charge is -2.23. The Morgan fingerprint density at radius 1 is 1.47 bits per heavy atom. The van der Waals surface area contributed by atoms with Crippen LogP contribution in [0.25, 0.3) is 0 Å². The summed E-state index contributed by atoms with van der Waals surface area (Å²) in [5.41, 5.74) is 8.43. The molecule has 90 valence electrons. The van der Waals surface area contributed by atoms with Crippen LogP contribution in [0.15, 0.2) is 40.5 Å². The van der Waals surface area contributed by atoms with Crippen LogP contribution in [-0.2, 0) is 0 Å². The molecule has 1 aliphatic heterocycles. The highest BCUT2D eigenvalue weighted by Gasteiger charge is 2.12. The van der Waals surface area contributed by atoms with Gasteiger partial charge in [-0.3, -0.25) is 4.99 Å². The molecule has 0 fully saturated rings. The van der Waals surface area contributed by atoms with Gasteiger partial charge in [-0.1, -0.05) is 6.07 Å². The van der Waals surface area contributed by atoms with Gasteiger partial charge in [0.05, 0.1) is 5.69 Å². The van der Waals surface area contributed by atoms with Gasteiger partial charge in [0.1, 0.15) is 5.82 Å². The number of halogens is 1. The summed E-state index contributed by atoms with van der Waals surface area (Å²) in [6.07, 6.45) is 2.60. The first-order valence-electron chi connectivity index (χ1n) is 5.61. The highest BCUT2D eigenvalue weighted by atomic mass is 19.1. The summed E-state index contributed by atoms with van der Waals surface area (Å²) >= 11 is 0. The molecule has 1 aromatic rings. The fourth-order valence-corrected chi connectivity index (χ4v) is 1.78. The van der Waals surface area contributed by atoms with Crippen molar-refractivity contribution in [2.75, 3.05) is 20.1 Å². The van der Waals surface area contributed by atoms with E-state index in [-0.39, 0.29) is 5.82 Å². The highest BCUT2D eigenvalue weighted by Crippen LogP contribution is 2.15. The van der Waals surface area contributed by atoms with Crippen LogP contribution in [-0.4, -0.2) is 31.3 Å². The van der Waals surface area contributed by atoms with Gasteiger partial charge in [0.25, 0.3) is 0 Å². The van der Waals surface area contributed by atoms with Crippen molar-refractivity contribution in [1.82, 2.24) is 4.90 Å². The minimum atomic E-state index is -0.276. The summed E-state index contributed by atoms with van der Waals surface area (Å²) in [6.45, 7) is 1.77. The third kappa shape index (κ3) is 3.14. The zero-order valence-corrected chi connectivity index (χ0v) is 9.86. The summed E-state index contributed by atoms with van der Waals surface area (Å²) < 4.78 is 13.0. The Balaban J connectivity index is 2.15. The Bertz CT molecular complexity index is 465. The lowest BCUT2D eigenvalue weighted by Crippen LogP contribution is -2.30. The number of hydrogen-bond acceptors (Lipinski definition) is 3. The van der Waals surface area contributed by atoms with E-state index in [1.807, 2.05) is 7.05 Å². The lowest BCUT2D eigenvalue weighted by molar-refractivity contribution is 0.353. The van der Waals surface area contributed by atoms with Crippen molar-refractivity contribution in [1.29, 1.82) is 0 Å². The first-order valence-corrected chi connectivity index (χ1v) is 5.61. The normalized spacial score (nSPS) is 18.0. The smallest absolute Gasteiger partial charge is 0.125 e. The Morgan fingerprint density at radius 2 is 2.29 bits per heavy atom. The largest absolute Gasteiger partial charge is 0.402 e. The van der Waals surface area contributed by atoms with E-state index < -0.39 is 0 Å². The van der Waals surface area contributed by atoms with Crippen LogP contribution in [0.5, 0.6) is 0 Å². The van der Waals surface area contributed by atoms with Crippen LogP contribution in [0.1, 0.15) is 6.42 Å². The molecule has 1 heterocycles. The molecule has 0 aliphatic carbocycles. The monoisotopic (exact) mass is 233 g/mol. The van der Waals surface area contributed by atoms with Crippen molar-refractivity contribution < 1.29 is 4.39 Å². The van der Waals surface area contributed by atoms with Gasteiger partial charge in [-0.25, -0.2) is 4.39 Å². The van der Waals surface area contributed by atoms with E-state index in [1.165, 1.54) is 12.1 Å². The average Bonchev–Trinajstić information content (AvgIpc) is 2.30. The van der Waals surface area contributed by atoms with E-state index in [2.05, 4.69) is 9.89 Å². The topological polar surface area (TPSA) is 41.6 Å². The summed E-state index contributed by atoms with van der Waals surface area (Å²) in [5, 5.41) is 0. The van der Waals surface area contributed by atoms with Crippen molar-refractivity contribution in [3.8, 4) is 0 Å². The van der Waals surface area contributed by atoms with Crippen LogP contribution in [0.2, 0.25) is 0 Å². The molecule has 0 unspecified atom stereocenters. The molecule has 4 heteroatoms. The van der Waals surface area contributed by atoms with Gasteiger partial charge < -0.3 is 10.6 Å². The molecule has 0 spiro atoms. The van der Waals surface area contributed by atoms with Crippen molar-refractivity contribution in [2.24, 2.45) is 10.7 Å². The molecule has 0 saturated heterocycles. The molecule has 1 aliphatic rings. The number of aliphatic imine (C=N–C) groups is 1. The van der Waals surface area contributed by atoms with Crippen molar-refractivity contribution in [3.63, 3.8) is 0 Å². The minimum Gasteiger partial charge on any atom is -0.402 e. The van der Waals surface area contributed by atoms with Crippen LogP contribution >= 0.6 is 0 Å². The maximum absolute atomic E-state index is 13.0. The molecule has 0 radical (unpaired) electrons. The van der Waals surface area contributed by atoms with Crippen LogP contribution in [0.4, 0.5) is 10.1 Å². The van der Waals surface area contributed by atoms with Gasteiger partial charge in [-0.15, -0.1) is 0 Å². The molecule has 0 bridgehead atoms. The first-order chi connectivity index (χ1) is 8.15. The average molecular weight is 233 g/mol. The van der Waals surface area contributed by atoms with E-state index in [4.69, 9.17) is 5.73 Å². The number of nitrogens with two attached hydrogens (primary N) is 1. The second-order valence-corrected chi connectivity index (χ2v) is 4.28. The predicted molar refractivity (Wildman–Crippen MR) is 67.9 cm³/mol. The number of likely N-dealkylation sites (N-methyl/N-ethyl adjacent to an activating group) is 1. The molecule has 2 N–H and O–H groups in total. The predicted octanol–water partition coefficient (Wildman–Crippen LogP) is 2.08. The van der Waals surface area contributed by atoms with Crippen LogP contribution in [0.3, 0.4) is 0 Å². The van der Waals surface area contributed by atoms with Gasteiger partial charge in [0.2, 0.25) is 0 Å². The first kappa shape index (κ1) is 11.8. The van der Waals surface area contributed by atoms with Gasteiger partial charge in [0.15, 0.2) is 0 Å². The lowest BCUT2D eigenvalue weighted by atomic mass is 10.1. The van der Waals surface area contributed by atoms with Crippen molar-refractivity contribution in [3.05, 3.63) is 41.4 Å². The van der Waals surface area contributed by atoms with Gasteiger partial charge in [0, 0.05) is 37.0 Å². The molecule has 0 aromatic heterocycles. The van der Waals surface area contributed by atoms with Crippen molar-refractivity contribution >= 4 is 11.9 Å². The van der Waals surface area contributed by atoms with Gasteiger partial charge in [-0.05, 0) is 25.2 Å². The molecule has 1 aromatic carbocycles. The van der Waals surface area contributed by atoms with Gasteiger partial charge in [-0.2, -0.15) is 0 Å². The second kappa shape index (κ2) is 5.10. The molecule has 0 amide bonds. The molecule has 17 heavy (non-hydrogen) atoms. The Kier molecular flexibility index (Phi) is 3.54. The van der Waals surface area contributed by atoms with E-state index in [1.54, 1.807) is 18.3 Å². The Hall–Kier alpha value is -1.68. The SMILES string of the molecule is CN1CCC(N)=C(C=Nc2cccc(F)c2)C1. The van der Waals surface area contributed by atoms with E-state index in [0.717, 1.165) is 30.8 Å². The zero-order chi connectivity index (χ0) is 12.3. The third-order valence-electron chi connectivity index (χ3n) is 2.79. The molecule has 0 saturated carbocycles. The molecule has 0 atom stereocenters. The minimum absolute atomic E-state index is 0.276. The summed E-state index contributed by atoms with van der Waals surface area (Å²) in [6, 6.07) is 6.22. The third-order valence-corrected chi connectivity index (χ3v) is 2.79.